The van der Waals surface area contributed by atoms with Gasteiger partial charge in [-0.25, -0.2) is 15.0 Å². The van der Waals surface area contributed by atoms with Gasteiger partial charge in [-0.1, -0.05) is 127 Å². The van der Waals surface area contributed by atoms with Crippen LogP contribution in [0.2, 0.25) is 0 Å². The maximum atomic E-state index is 5.00. The minimum absolute atomic E-state index is 0.640. The first-order valence-electron chi connectivity index (χ1n) is 15.8. The van der Waals surface area contributed by atoms with Gasteiger partial charge in [-0.15, -0.1) is 0 Å². The van der Waals surface area contributed by atoms with Crippen molar-refractivity contribution >= 4 is 32.6 Å². The average Bonchev–Trinajstić information content (AvgIpc) is 3.47. The van der Waals surface area contributed by atoms with Crippen molar-refractivity contribution in [3.8, 4) is 51.0 Å². The summed E-state index contributed by atoms with van der Waals surface area (Å²) in [7, 11) is 0. The summed E-state index contributed by atoms with van der Waals surface area (Å²) >= 11 is 0. The minimum Gasteiger partial charge on any atom is -0.309 e. The Morgan fingerprint density at radius 1 is 0.319 bits per heavy atom. The zero-order valence-corrected chi connectivity index (χ0v) is 25.5. The molecule has 7 aromatic carbocycles. The highest BCUT2D eigenvalue weighted by molar-refractivity contribution is 6.13. The lowest BCUT2D eigenvalue weighted by molar-refractivity contribution is 1.07. The zero-order chi connectivity index (χ0) is 31.2. The summed E-state index contributed by atoms with van der Waals surface area (Å²) in [5.74, 6) is 1.93. The van der Waals surface area contributed by atoms with Gasteiger partial charge in [0.05, 0.1) is 11.0 Å². The van der Waals surface area contributed by atoms with Crippen LogP contribution in [0.4, 0.5) is 0 Å². The number of aromatic nitrogens is 4. The molecule has 0 saturated carbocycles. The quantitative estimate of drug-likeness (QED) is 0.197. The van der Waals surface area contributed by atoms with Gasteiger partial charge in [-0.05, 0) is 64.4 Å². The van der Waals surface area contributed by atoms with E-state index in [2.05, 4.69) is 138 Å². The molecule has 4 heteroatoms. The molecule has 0 aliphatic heterocycles. The third-order valence-electron chi connectivity index (χ3n) is 8.84. The molecule has 0 aliphatic rings. The molecule has 0 unspecified atom stereocenters. The lowest BCUT2D eigenvalue weighted by Crippen LogP contribution is -2.00. The Bertz CT molecular complexity index is 2530. The average molecular weight is 601 g/mol. The number of hydrogen-bond acceptors (Lipinski definition) is 3. The summed E-state index contributed by atoms with van der Waals surface area (Å²) in [6.07, 6.45) is 0. The normalized spacial score (nSPS) is 11.4. The van der Waals surface area contributed by atoms with Gasteiger partial charge in [-0.2, -0.15) is 0 Å². The second-order valence-electron chi connectivity index (χ2n) is 11.7. The first-order chi connectivity index (χ1) is 23.3. The van der Waals surface area contributed by atoms with Crippen molar-refractivity contribution in [3.05, 3.63) is 170 Å². The van der Waals surface area contributed by atoms with Crippen molar-refractivity contribution in [3.63, 3.8) is 0 Å². The van der Waals surface area contributed by atoms with Crippen LogP contribution in [0, 0.1) is 0 Å². The molecule has 0 fully saturated rings. The molecule has 2 aromatic heterocycles. The van der Waals surface area contributed by atoms with Crippen LogP contribution in [0.5, 0.6) is 0 Å². The van der Waals surface area contributed by atoms with Gasteiger partial charge in [0.15, 0.2) is 17.5 Å². The van der Waals surface area contributed by atoms with Crippen LogP contribution < -0.4 is 0 Å². The van der Waals surface area contributed by atoms with Gasteiger partial charge in [0.2, 0.25) is 0 Å². The number of para-hydroxylation sites is 1. The molecule has 220 valence electrons. The third-order valence-corrected chi connectivity index (χ3v) is 8.84. The summed E-state index contributed by atoms with van der Waals surface area (Å²) in [6, 6.07) is 59.3. The number of rotatable bonds is 5. The van der Waals surface area contributed by atoms with Crippen LogP contribution in [0.3, 0.4) is 0 Å². The van der Waals surface area contributed by atoms with Crippen molar-refractivity contribution in [1.29, 1.82) is 0 Å². The van der Waals surface area contributed by atoms with Crippen molar-refractivity contribution < 1.29 is 0 Å². The molecule has 0 amide bonds. The van der Waals surface area contributed by atoms with E-state index in [-0.39, 0.29) is 0 Å². The first kappa shape index (κ1) is 27.0. The highest BCUT2D eigenvalue weighted by Crippen LogP contribution is 2.35. The highest BCUT2D eigenvalue weighted by atomic mass is 15.0. The summed E-state index contributed by atoms with van der Waals surface area (Å²) in [5, 5.41) is 4.96. The van der Waals surface area contributed by atoms with Crippen LogP contribution in [0.15, 0.2) is 170 Å². The molecule has 9 aromatic rings. The van der Waals surface area contributed by atoms with Crippen molar-refractivity contribution in [2.45, 2.75) is 0 Å². The molecule has 0 atom stereocenters. The second kappa shape index (κ2) is 11.2. The van der Waals surface area contributed by atoms with Gasteiger partial charge in [0, 0.05) is 33.2 Å². The van der Waals surface area contributed by atoms with E-state index in [0.29, 0.717) is 17.5 Å². The number of fused-ring (bicyclic) bond motifs is 4. The van der Waals surface area contributed by atoms with E-state index in [1.54, 1.807) is 0 Å². The Morgan fingerprint density at radius 3 is 1.40 bits per heavy atom. The lowest BCUT2D eigenvalue weighted by Gasteiger charge is -2.11. The van der Waals surface area contributed by atoms with E-state index in [1.165, 1.54) is 38.1 Å². The Morgan fingerprint density at radius 2 is 0.766 bits per heavy atom. The first-order valence-corrected chi connectivity index (χ1v) is 15.8. The molecule has 0 N–H and O–H groups in total. The smallest absolute Gasteiger partial charge is 0.164 e. The summed E-state index contributed by atoms with van der Waals surface area (Å²) in [5.41, 5.74) is 8.61. The second-order valence-corrected chi connectivity index (χ2v) is 11.7. The molecule has 4 nitrogen and oxygen atoms in total. The van der Waals surface area contributed by atoms with Gasteiger partial charge in [0.25, 0.3) is 0 Å². The number of nitrogens with zero attached hydrogens (tertiary/aromatic N) is 4. The zero-order valence-electron chi connectivity index (χ0n) is 25.5. The molecular weight excluding hydrogens is 573 g/mol. The SMILES string of the molecule is c1ccc(-c2ccc(-c3nc(-c4ccccc4)nc(-c4ccc(-n5c6ccccc6c6cc7ccccc7cc65)cc4)n3)cc2)cc1. The fourth-order valence-corrected chi connectivity index (χ4v) is 6.49. The number of benzene rings is 7. The molecule has 0 saturated heterocycles. The minimum atomic E-state index is 0.640. The maximum absolute atomic E-state index is 5.00. The molecule has 0 spiro atoms. The molecule has 9 rings (SSSR count). The summed E-state index contributed by atoms with van der Waals surface area (Å²) in [4.78, 5) is 14.9. The Kier molecular flexibility index (Phi) is 6.43. The van der Waals surface area contributed by atoms with Crippen molar-refractivity contribution in [1.82, 2.24) is 19.5 Å². The molecule has 2 heterocycles. The summed E-state index contributed by atoms with van der Waals surface area (Å²) in [6.45, 7) is 0. The molecule has 47 heavy (non-hydrogen) atoms. The molecule has 0 aliphatic carbocycles. The predicted octanol–water partition coefficient (Wildman–Crippen LogP) is 10.8. The van der Waals surface area contributed by atoms with Gasteiger partial charge < -0.3 is 4.57 Å². The topological polar surface area (TPSA) is 43.6 Å². The third kappa shape index (κ3) is 4.84. The van der Waals surface area contributed by atoms with Crippen LogP contribution >= 0.6 is 0 Å². The van der Waals surface area contributed by atoms with E-state index in [0.717, 1.165) is 27.9 Å². The van der Waals surface area contributed by atoms with E-state index in [9.17, 15) is 0 Å². The van der Waals surface area contributed by atoms with Gasteiger partial charge in [0.1, 0.15) is 0 Å². The fraction of sp³-hybridized carbons (Fsp3) is 0. The fourth-order valence-electron chi connectivity index (χ4n) is 6.49. The van der Waals surface area contributed by atoms with E-state index in [4.69, 9.17) is 15.0 Å². The maximum Gasteiger partial charge on any atom is 0.164 e. The Balaban J connectivity index is 1.15. The van der Waals surface area contributed by atoms with Gasteiger partial charge in [-0.3, -0.25) is 0 Å². The Labute approximate surface area is 272 Å². The highest BCUT2D eigenvalue weighted by Gasteiger charge is 2.15. The monoisotopic (exact) mass is 600 g/mol. The lowest BCUT2D eigenvalue weighted by atomic mass is 10.0. The van der Waals surface area contributed by atoms with Crippen LogP contribution in [-0.2, 0) is 0 Å². The van der Waals surface area contributed by atoms with Crippen molar-refractivity contribution in [2.75, 3.05) is 0 Å². The van der Waals surface area contributed by atoms with Crippen LogP contribution in [-0.4, -0.2) is 19.5 Å². The molecule has 0 radical (unpaired) electrons. The van der Waals surface area contributed by atoms with E-state index in [1.807, 2.05) is 36.4 Å². The molecular formula is C43H28N4. The van der Waals surface area contributed by atoms with E-state index >= 15 is 0 Å². The Hall–Kier alpha value is -6.39. The molecule has 0 bridgehead atoms. The standard InChI is InChI=1S/C43H28N4/c1-3-11-29(12-4-1)30-19-21-32(22-20-30)42-44-41(31-13-5-2-6-14-31)45-43(46-42)33-23-25-36(26-24-33)47-39-18-10-9-17-37(39)38-27-34-15-7-8-16-35(34)28-40(38)47/h1-28H. The number of hydrogen-bond donors (Lipinski definition) is 0. The van der Waals surface area contributed by atoms with Crippen LogP contribution in [0.25, 0.3) is 83.6 Å². The largest absolute Gasteiger partial charge is 0.309 e. The van der Waals surface area contributed by atoms with Crippen molar-refractivity contribution in [2.24, 2.45) is 0 Å². The summed E-state index contributed by atoms with van der Waals surface area (Å²) < 4.78 is 2.35. The predicted molar refractivity (Wildman–Crippen MR) is 193 cm³/mol. The van der Waals surface area contributed by atoms with Gasteiger partial charge >= 0.3 is 0 Å². The van der Waals surface area contributed by atoms with E-state index < -0.39 is 0 Å². The van der Waals surface area contributed by atoms with Crippen LogP contribution in [0.1, 0.15) is 0 Å².